The molecule has 0 saturated heterocycles. The van der Waals surface area contributed by atoms with Crippen LogP contribution in [0.3, 0.4) is 0 Å². The number of nitrogens with zero attached hydrogens (tertiary/aromatic N) is 4. The van der Waals surface area contributed by atoms with Gasteiger partial charge in [0.15, 0.2) is 17.2 Å². The molecular formula is C20H21N7O3. The van der Waals surface area contributed by atoms with Crippen LogP contribution in [0.15, 0.2) is 29.3 Å². The number of carbonyl (C=O) groups excluding carboxylic acids is 1. The van der Waals surface area contributed by atoms with Gasteiger partial charge in [-0.15, -0.1) is 0 Å². The van der Waals surface area contributed by atoms with Crippen molar-refractivity contribution >= 4 is 28.1 Å². The number of carbonyl (C=O) groups is 1. The Morgan fingerprint density at radius 2 is 2.03 bits per heavy atom. The SMILES string of the molecule is CO[C@H]1CC[C@H](n2c(=O)[nH]c3c(C(N)=O)nc(-c4ccc5nc[nH]c5c4)nc32)CC1. The van der Waals surface area contributed by atoms with Crippen LogP contribution >= 0.6 is 0 Å². The van der Waals surface area contributed by atoms with Crippen molar-refractivity contribution in [1.82, 2.24) is 29.5 Å². The van der Waals surface area contributed by atoms with Gasteiger partial charge in [0.1, 0.15) is 5.52 Å². The van der Waals surface area contributed by atoms with Gasteiger partial charge in [-0.25, -0.2) is 19.7 Å². The first kappa shape index (κ1) is 18.5. The Balaban J connectivity index is 1.68. The van der Waals surface area contributed by atoms with Gasteiger partial charge in [0, 0.05) is 18.7 Å². The van der Waals surface area contributed by atoms with Crippen LogP contribution in [-0.4, -0.2) is 48.6 Å². The Morgan fingerprint density at radius 3 is 2.77 bits per heavy atom. The number of aromatic nitrogens is 6. The first-order valence-electron chi connectivity index (χ1n) is 9.83. The highest BCUT2D eigenvalue weighted by Crippen LogP contribution is 2.31. The molecule has 0 aliphatic heterocycles. The number of hydrogen-bond donors (Lipinski definition) is 3. The number of primary amides is 1. The second kappa shape index (κ2) is 7.06. The van der Waals surface area contributed by atoms with E-state index in [0.717, 1.165) is 36.7 Å². The van der Waals surface area contributed by atoms with Gasteiger partial charge in [0.25, 0.3) is 5.91 Å². The van der Waals surface area contributed by atoms with Crippen LogP contribution in [0.5, 0.6) is 0 Å². The molecule has 4 N–H and O–H groups in total. The molecule has 1 fully saturated rings. The van der Waals surface area contributed by atoms with Gasteiger partial charge in [0.2, 0.25) is 0 Å². The summed E-state index contributed by atoms with van der Waals surface area (Å²) in [4.78, 5) is 43.9. The average Bonchev–Trinajstić information content (AvgIpc) is 3.35. The normalized spacial score (nSPS) is 19.5. The van der Waals surface area contributed by atoms with Crippen molar-refractivity contribution in [2.75, 3.05) is 7.11 Å². The molecule has 0 atom stereocenters. The van der Waals surface area contributed by atoms with Crippen molar-refractivity contribution in [3.05, 3.63) is 40.7 Å². The van der Waals surface area contributed by atoms with E-state index in [4.69, 9.17) is 10.5 Å². The first-order valence-corrected chi connectivity index (χ1v) is 9.83. The lowest BCUT2D eigenvalue weighted by Crippen LogP contribution is -2.28. The van der Waals surface area contributed by atoms with Crippen molar-refractivity contribution in [1.29, 1.82) is 0 Å². The highest BCUT2D eigenvalue weighted by atomic mass is 16.5. The van der Waals surface area contributed by atoms with Crippen LogP contribution in [-0.2, 0) is 4.74 Å². The van der Waals surface area contributed by atoms with E-state index in [1.165, 1.54) is 0 Å². The molecule has 30 heavy (non-hydrogen) atoms. The van der Waals surface area contributed by atoms with E-state index < -0.39 is 5.91 Å². The van der Waals surface area contributed by atoms with E-state index in [0.29, 0.717) is 17.0 Å². The van der Waals surface area contributed by atoms with Crippen LogP contribution in [0, 0.1) is 0 Å². The summed E-state index contributed by atoms with van der Waals surface area (Å²) in [6, 6.07) is 5.49. The van der Waals surface area contributed by atoms with E-state index in [1.807, 2.05) is 18.2 Å². The zero-order chi connectivity index (χ0) is 20.8. The number of hydrogen-bond acceptors (Lipinski definition) is 6. The minimum atomic E-state index is -0.720. The summed E-state index contributed by atoms with van der Waals surface area (Å²) < 4.78 is 7.07. The fraction of sp³-hybridized carbons (Fsp3) is 0.350. The van der Waals surface area contributed by atoms with Crippen LogP contribution in [0.2, 0.25) is 0 Å². The molecule has 1 saturated carbocycles. The van der Waals surface area contributed by atoms with Crippen molar-refractivity contribution in [2.24, 2.45) is 5.73 Å². The summed E-state index contributed by atoms with van der Waals surface area (Å²) in [5, 5.41) is 0. The number of H-pyrrole nitrogens is 2. The van der Waals surface area contributed by atoms with Gasteiger partial charge < -0.3 is 20.4 Å². The highest BCUT2D eigenvalue weighted by Gasteiger charge is 2.27. The van der Waals surface area contributed by atoms with Crippen molar-refractivity contribution < 1.29 is 9.53 Å². The second-order valence-corrected chi connectivity index (χ2v) is 7.56. The molecule has 1 amide bonds. The van der Waals surface area contributed by atoms with Crippen molar-refractivity contribution in [3.8, 4) is 11.4 Å². The van der Waals surface area contributed by atoms with Gasteiger partial charge in [-0.3, -0.25) is 9.36 Å². The highest BCUT2D eigenvalue weighted by molar-refractivity contribution is 6.02. The molecule has 0 radical (unpaired) electrons. The lowest BCUT2D eigenvalue weighted by atomic mass is 9.93. The fourth-order valence-corrected chi connectivity index (χ4v) is 4.26. The molecule has 4 aromatic rings. The number of nitrogens with one attached hydrogen (secondary N) is 2. The monoisotopic (exact) mass is 407 g/mol. The molecule has 1 aliphatic rings. The lowest BCUT2D eigenvalue weighted by molar-refractivity contribution is 0.0585. The van der Waals surface area contributed by atoms with Crippen LogP contribution in [0.25, 0.3) is 33.6 Å². The summed E-state index contributed by atoms with van der Waals surface area (Å²) in [5.74, 6) is -0.395. The third-order valence-electron chi connectivity index (χ3n) is 5.82. The minimum absolute atomic E-state index is 0.00105. The van der Waals surface area contributed by atoms with Crippen molar-refractivity contribution in [3.63, 3.8) is 0 Å². The van der Waals surface area contributed by atoms with E-state index in [-0.39, 0.29) is 29.0 Å². The minimum Gasteiger partial charge on any atom is -0.381 e. The summed E-state index contributed by atoms with van der Waals surface area (Å²) in [6.07, 6.45) is 5.10. The van der Waals surface area contributed by atoms with E-state index in [2.05, 4.69) is 24.9 Å². The smallest absolute Gasteiger partial charge is 0.327 e. The molecule has 0 bridgehead atoms. The maximum atomic E-state index is 12.8. The molecule has 1 aliphatic carbocycles. The molecule has 154 valence electrons. The number of aromatic amines is 2. The Bertz CT molecular complexity index is 1310. The zero-order valence-corrected chi connectivity index (χ0v) is 16.4. The Kier molecular flexibility index (Phi) is 4.35. The number of imidazole rings is 2. The number of methoxy groups -OCH3 is 1. The van der Waals surface area contributed by atoms with Crippen LogP contribution in [0.4, 0.5) is 0 Å². The van der Waals surface area contributed by atoms with Gasteiger partial charge in [-0.2, -0.15) is 0 Å². The molecule has 10 nitrogen and oxygen atoms in total. The van der Waals surface area contributed by atoms with Gasteiger partial charge in [-0.1, -0.05) is 0 Å². The Labute approximate surface area is 170 Å². The maximum absolute atomic E-state index is 12.8. The summed E-state index contributed by atoms with van der Waals surface area (Å²) >= 11 is 0. The second-order valence-electron chi connectivity index (χ2n) is 7.56. The summed E-state index contributed by atoms with van der Waals surface area (Å²) in [5.41, 5.74) is 8.25. The number of rotatable bonds is 4. The molecule has 3 aromatic heterocycles. The predicted molar refractivity (Wildman–Crippen MR) is 110 cm³/mol. The maximum Gasteiger partial charge on any atom is 0.327 e. The quantitative estimate of drug-likeness (QED) is 0.471. The standard InChI is InChI=1S/C20H21N7O3/c1-30-12-5-3-11(4-6-12)27-19-16(25-20(27)29)15(17(21)28)24-18(26-19)10-2-7-13-14(8-10)23-9-22-13/h2,7-9,11-12H,3-6H2,1H3,(H2,21,28)(H,22,23)(H,25,29)/t11-,12-. The molecule has 3 heterocycles. The number of amides is 1. The average molecular weight is 407 g/mol. The summed E-state index contributed by atoms with van der Waals surface area (Å²) in [7, 11) is 1.71. The van der Waals surface area contributed by atoms with Gasteiger partial charge >= 0.3 is 5.69 Å². The molecular weight excluding hydrogens is 386 g/mol. The number of ether oxygens (including phenoxy) is 1. The molecule has 0 unspecified atom stereocenters. The third kappa shape index (κ3) is 2.96. The lowest BCUT2D eigenvalue weighted by Gasteiger charge is -2.28. The molecule has 0 spiro atoms. The summed E-state index contributed by atoms with van der Waals surface area (Å²) in [6.45, 7) is 0. The third-order valence-corrected chi connectivity index (χ3v) is 5.82. The first-order chi connectivity index (χ1) is 14.5. The van der Waals surface area contributed by atoms with E-state index in [9.17, 15) is 9.59 Å². The van der Waals surface area contributed by atoms with Gasteiger partial charge in [0.05, 0.1) is 23.5 Å². The van der Waals surface area contributed by atoms with Crippen molar-refractivity contribution in [2.45, 2.75) is 37.8 Å². The number of benzene rings is 1. The molecule has 10 heteroatoms. The zero-order valence-electron chi connectivity index (χ0n) is 16.4. The topological polar surface area (TPSA) is 145 Å². The predicted octanol–water partition coefficient (Wildman–Crippen LogP) is 1.89. The van der Waals surface area contributed by atoms with E-state index in [1.54, 1.807) is 18.0 Å². The van der Waals surface area contributed by atoms with Crippen LogP contribution in [0.1, 0.15) is 42.2 Å². The Morgan fingerprint density at radius 1 is 1.23 bits per heavy atom. The number of nitrogens with two attached hydrogens (primary N) is 1. The largest absolute Gasteiger partial charge is 0.381 e. The Hall–Kier alpha value is -3.53. The fourth-order valence-electron chi connectivity index (χ4n) is 4.26. The van der Waals surface area contributed by atoms with E-state index >= 15 is 0 Å². The molecule has 1 aromatic carbocycles. The molecule has 5 rings (SSSR count). The van der Waals surface area contributed by atoms with Gasteiger partial charge in [-0.05, 0) is 43.9 Å². The number of fused-ring (bicyclic) bond motifs is 2. The van der Waals surface area contributed by atoms with Crippen LogP contribution < -0.4 is 11.4 Å².